The number of aryl methyl sites for hydroxylation is 1. The molecule has 1 aliphatic rings. The van der Waals surface area contributed by atoms with Crippen molar-refractivity contribution in [3.05, 3.63) is 71.0 Å². The lowest BCUT2D eigenvalue weighted by Gasteiger charge is -2.14. The average Bonchev–Trinajstić information content (AvgIpc) is 3.08. The summed E-state index contributed by atoms with van der Waals surface area (Å²) in [7, 11) is 0. The van der Waals surface area contributed by atoms with Gasteiger partial charge in [0.2, 0.25) is 0 Å². The van der Waals surface area contributed by atoms with Crippen LogP contribution in [0.1, 0.15) is 11.3 Å². The predicted molar refractivity (Wildman–Crippen MR) is 94.7 cm³/mol. The third kappa shape index (κ3) is 3.05. The Bertz CT molecular complexity index is 776. The number of carbonyl (C=O) groups is 1. The first-order valence-corrected chi connectivity index (χ1v) is 7.92. The van der Waals surface area contributed by atoms with E-state index in [2.05, 4.69) is 0 Å². The van der Waals surface area contributed by atoms with Crippen LogP contribution in [0.2, 0.25) is 0 Å². The summed E-state index contributed by atoms with van der Waals surface area (Å²) in [6.45, 7) is 1.99. The molecule has 0 radical (unpaired) electrons. The Hall–Kier alpha value is -2.11. The monoisotopic (exact) mass is 327 g/mol. The summed E-state index contributed by atoms with van der Waals surface area (Å²) in [6.07, 6.45) is 6.97. The van der Waals surface area contributed by atoms with Crippen molar-refractivity contribution in [3.8, 4) is 0 Å². The number of carbonyl (C=O) groups excluding carboxylic acids is 1. The Labute approximate surface area is 138 Å². The maximum absolute atomic E-state index is 12.5. The Balaban J connectivity index is 1.82. The maximum atomic E-state index is 12.5. The summed E-state index contributed by atoms with van der Waals surface area (Å²) in [5.41, 5.74) is 1.90. The molecule has 1 aromatic carbocycles. The molecule has 0 atom stereocenters. The van der Waals surface area contributed by atoms with E-state index in [0.717, 1.165) is 17.0 Å². The number of anilines is 1. The van der Waals surface area contributed by atoms with E-state index in [9.17, 15) is 4.79 Å². The van der Waals surface area contributed by atoms with Crippen molar-refractivity contribution in [1.29, 1.82) is 0 Å². The number of thioether (sulfide) groups is 1. The zero-order valence-electron chi connectivity index (χ0n) is 11.9. The van der Waals surface area contributed by atoms with Crippen molar-refractivity contribution >= 4 is 46.0 Å². The Morgan fingerprint density at radius 2 is 2.14 bits per heavy atom. The van der Waals surface area contributed by atoms with Crippen molar-refractivity contribution in [2.75, 3.05) is 4.90 Å². The van der Waals surface area contributed by atoms with Gasteiger partial charge in [0.25, 0.3) is 5.91 Å². The minimum Gasteiger partial charge on any atom is -0.465 e. The first kappa shape index (κ1) is 14.8. The smallest absolute Gasteiger partial charge is 0.270 e. The van der Waals surface area contributed by atoms with Gasteiger partial charge >= 0.3 is 0 Å². The number of thiocarbonyl (C=S) groups is 1. The van der Waals surface area contributed by atoms with Crippen LogP contribution < -0.4 is 4.90 Å². The van der Waals surface area contributed by atoms with E-state index in [1.165, 1.54) is 11.8 Å². The lowest BCUT2D eigenvalue weighted by Crippen LogP contribution is -2.27. The number of allylic oxidation sites excluding steroid dienone is 2. The molecule has 3 rings (SSSR count). The van der Waals surface area contributed by atoms with Gasteiger partial charge in [0, 0.05) is 0 Å². The van der Waals surface area contributed by atoms with Gasteiger partial charge in [0.05, 0.1) is 16.9 Å². The van der Waals surface area contributed by atoms with E-state index < -0.39 is 0 Å². The van der Waals surface area contributed by atoms with Crippen LogP contribution in [-0.4, -0.2) is 10.2 Å². The van der Waals surface area contributed by atoms with Gasteiger partial charge in [-0.25, -0.2) is 0 Å². The van der Waals surface area contributed by atoms with Crippen LogP contribution in [0.25, 0.3) is 6.08 Å². The Kier molecular flexibility index (Phi) is 4.27. The highest BCUT2D eigenvalue weighted by Gasteiger charge is 2.32. The van der Waals surface area contributed by atoms with Gasteiger partial charge in [-0.3, -0.25) is 9.69 Å². The minimum absolute atomic E-state index is 0.0929. The highest BCUT2D eigenvalue weighted by atomic mass is 32.2. The lowest BCUT2D eigenvalue weighted by atomic mass is 10.2. The van der Waals surface area contributed by atoms with Gasteiger partial charge in [0.15, 0.2) is 4.32 Å². The van der Waals surface area contributed by atoms with Gasteiger partial charge in [0.1, 0.15) is 5.76 Å². The molecule has 0 bridgehead atoms. The molecule has 2 aromatic rings. The molecule has 0 aliphatic carbocycles. The average molecular weight is 327 g/mol. The normalized spacial score (nSPS) is 17.1. The summed E-state index contributed by atoms with van der Waals surface area (Å²) < 4.78 is 5.76. The molecule has 0 saturated carbocycles. The van der Waals surface area contributed by atoms with Crippen LogP contribution in [0.3, 0.4) is 0 Å². The fourth-order valence-corrected chi connectivity index (χ4v) is 3.34. The number of hydrogen-bond donors (Lipinski definition) is 0. The van der Waals surface area contributed by atoms with E-state index in [0.29, 0.717) is 9.23 Å². The van der Waals surface area contributed by atoms with Crippen LogP contribution in [0.5, 0.6) is 0 Å². The van der Waals surface area contributed by atoms with Gasteiger partial charge in [-0.1, -0.05) is 42.2 Å². The topological polar surface area (TPSA) is 33.5 Å². The van der Waals surface area contributed by atoms with Crippen LogP contribution in [0.15, 0.2) is 64.1 Å². The summed E-state index contributed by atoms with van der Waals surface area (Å²) in [4.78, 5) is 14.7. The zero-order chi connectivity index (χ0) is 15.5. The highest BCUT2D eigenvalue weighted by molar-refractivity contribution is 8.27. The molecule has 1 saturated heterocycles. The van der Waals surface area contributed by atoms with Crippen LogP contribution in [-0.2, 0) is 4.79 Å². The van der Waals surface area contributed by atoms with E-state index >= 15 is 0 Å². The first-order chi connectivity index (χ1) is 10.6. The second kappa shape index (κ2) is 6.34. The molecule has 1 aromatic heterocycles. The summed E-state index contributed by atoms with van der Waals surface area (Å²) in [5, 5.41) is 0. The maximum Gasteiger partial charge on any atom is 0.270 e. The van der Waals surface area contributed by atoms with Gasteiger partial charge in [-0.05, 0) is 48.9 Å². The molecule has 3 nitrogen and oxygen atoms in total. The van der Waals surface area contributed by atoms with Gasteiger partial charge in [-0.15, -0.1) is 0 Å². The minimum atomic E-state index is -0.0929. The van der Waals surface area contributed by atoms with Crippen molar-refractivity contribution < 1.29 is 9.21 Å². The lowest BCUT2D eigenvalue weighted by molar-refractivity contribution is -0.113. The predicted octanol–water partition coefficient (Wildman–Crippen LogP) is 4.55. The standard InChI is InChI=1S/C17H13NO2S2/c1-12-5-2-6-13(11-12)18-16(19)15(22-17(18)21)9-3-7-14-8-4-10-20-14/h2-11H,1H3/b7-3+,15-9+. The van der Waals surface area contributed by atoms with Crippen molar-refractivity contribution in [2.24, 2.45) is 0 Å². The van der Waals surface area contributed by atoms with Crippen LogP contribution in [0.4, 0.5) is 5.69 Å². The molecule has 0 spiro atoms. The molecular formula is C17H13NO2S2. The highest BCUT2D eigenvalue weighted by Crippen LogP contribution is 2.35. The molecule has 5 heteroatoms. The molecule has 0 N–H and O–H groups in total. The molecular weight excluding hydrogens is 314 g/mol. The fraction of sp³-hybridized carbons (Fsp3) is 0.0588. The molecule has 0 unspecified atom stereocenters. The van der Waals surface area contributed by atoms with Gasteiger partial charge in [-0.2, -0.15) is 0 Å². The quantitative estimate of drug-likeness (QED) is 0.612. The second-order valence-corrected chi connectivity index (χ2v) is 6.43. The van der Waals surface area contributed by atoms with E-state index in [-0.39, 0.29) is 5.91 Å². The molecule has 22 heavy (non-hydrogen) atoms. The number of rotatable bonds is 3. The van der Waals surface area contributed by atoms with E-state index in [1.807, 2.05) is 43.3 Å². The molecule has 2 heterocycles. The number of nitrogens with zero attached hydrogens (tertiary/aromatic N) is 1. The van der Waals surface area contributed by atoms with Gasteiger partial charge < -0.3 is 4.42 Å². The number of furan rings is 1. The molecule has 110 valence electrons. The summed E-state index contributed by atoms with van der Waals surface area (Å²) in [5.74, 6) is 0.648. The third-order valence-corrected chi connectivity index (χ3v) is 4.43. The molecule has 1 aliphatic heterocycles. The van der Waals surface area contributed by atoms with Crippen molar-refractivity contribution in [3.63, 3.8) is 0 Å². The zero-order valence-corrected chi connectivity index (χ0v) is 13.5. The van der Waals surface area contributed by atoms with Crippen molar-refractivity contribution in [2.45, 2.75) is 6.92 Å². The Morgan fingerprint density at radius 3 is 2.86 bits per heavy atom. The van der Waals surface area contributed by atoms with E-state index in [4.69, 9.17) is 16.6 Å². The number of hydrogen-bond acceptors (Lipinski definition) is 4. The van der Waals surface area contributed by atoms with Crippen LogP contribution in [0, 0.1) is 6.92 Å². The number of benzene rings is 1. The third-order valence-electron chi connectivity index (χ3n) is 3.10. The van der Waals surface area contributed by atoms with E-state index in [1.54, 1.807) is 29.4 Å². The molecule has 1 amide bonds. The number of amides is 1. The Morgan fingerprint density at radius 1 is 1.27 bits per heavy atom. The second-order valence-electron chi connectivity index (χ2n) is 4.75. The summed E-state index contributed by atoms with van der Waals surface area (Å²) in [6, 6.07) is 11.4. The fourth-order valence-electron chi connectivity index (χ4n) is 2.09. The largest absolute Gasteiger partial charge is 0.465 e. The molecule has 1 fully saturated rings. The SMILES string of the molecule is Cc1cccc(N2C(=O)/C(=C\C=C\c3ccco3)SC2=S)c1. The summed E-state index contributed by atoms with van der Waals surface area (Å²) >= 11 is 6.64. The van der Waals surface area contributed by atoms with Crippen LogP contribution >= 0.6 is 24.0 Å². The first-order valence-electron chi connectivity index (χ1n) is 6.70. The van der Waals surface area contributed by atoms with Crippen molar-refractivity contribution in [1.82, 2.24) is 0 Å².